The summed E-state index contributed by atoms with van der Waals surface area (Å²) in [5, 5.41) is 14.0. The fourth-order valence-corrected chi connectivity index (χ4v) is 4.38. The molecule has 0 unspecified atom stereocenters. The highest BCUT2D eigenvalue weighted by atomic mass is 19.2. The molecule has 0 bridgehead atoms. The number of ether oxygens (including phenoxy) is 1. The van der Waals surface area contributed by atoms with E-state index in [4.69, 9.17) is 4.74 Å². The molecule has 1 aliphatic carbocycles. The van der Waals surface area contributed by atoms with E-state index in [-0.39, 0.29) is 12.2 Å². The van der Waals surface area contributed by atoms with Crippen LogP contribution in [0.25, 0.3) is 10.9 Å². The summed E-state index contributed by atoms with van der Waals surface area (Å²) in [5.41, 5.74) is 1.10. The van der Waals surface area contributed by atoms with E-state index in [1.807, 2.05) is 18.2 Å². The van der Waals surface area contributed by atoms with Gasteiger partial charge in [-0.1, -0.05) is 18.9 Å². The number of carbonyl (C=O) groups excluding carboxylic acids is 1. The summed E-state index contributed by atoms with van der Waals surface area (Å²) in [6.45, 7) is 1.20. The second kappa shape index (κ2) is 11.3. The predicted molar refractivity (Wildman–Crippen MR) is 136 cm³/mol. The molecule has 5 rings (SSSR count). The Bertz CT molecular complexity index is 1390. The van der Waals surface area contributed by atoms with Gasteiger partial charge in [0.25, 0.3) is 0 Å². The van der Waals surface area contributed by atoms with E-state index in [0.29, 0.717) is 24.2 Å². The van der Waals surface area contributed by atoms with Crippen LogP contribution in [0.2, 0.25) is 0 Å². The van der Waals surface area contributed by atoms with Crippen molar-refractivity contribution in [2.24, 2.45) is 0 Å². The number of nitrogens with one attached hydrogen (secondary N) is 3. The minimum atomic E-state index is -1.11. The van der Waals surface area contributed by atoms with Gasteiger partial charge in [-0.05, 0) is 37.1 Å². The second-order valence-corrected chi connectivity index (χ2v) is 8.89. The van der Waals surface area contributed by atoms with Gasteiger partial charge < -0.3 is 20.7 Å². The average Bonchev–Trinajstić information content (AvgIpc) is 3.57. The summed E-state index contributed by atoms with van der Waals surface area (Å²) in [7, 11) is 0. The third kappa shape index (κ3) is 6.18. The smallest absolute Gasteiger partial charge is 0.246 e. The fraction of sp³-hybridized carbons (Fsp3) is 0.308. The number of aromatic nitrogens is 4. The van der Waals surface area contributed by atoms with Crippen molar-refractivity contribution in [1.29, 1.82) is 0 Å². The Morgan fingerprint density at radius 1 is 1.14 bits per heavy atom. The molecule has 4 aromatic rings. The van der Waals surface area contributed by atoms with Gasteiger partial charge in [0.05, 0.1) is 23.1 Å². The summed E-state index contributed by atoms with van der Waals surface area (Å²) in [6, 6.07) is 9.84. The van der Waals surface area contributed by atoms with Crippen LogP contribution in [0.5, 0.6) is 5.75 Å². The quantitative estimate of drug-likeness (QED) is 0.273. The number of rotatable bonds is 10. The first-order chi connectivity index (χ1) is 18.0. The summed E-state index contributed by atoms with van der Waals surface area (Å²) in [6.07, 6.45) is 9.69. The SMILES string of the molecule is O=C(Cn1cc(Nc2ncnc3cc(OCCNC4CCCC4)ccc23)cn1)Nc1cccc(F)c1F. The van der Waals surface area contributed by atoms with Crippen LogP contribution >= 0.6 is 0 Å². The minimum absolute atomic E-state index is 0.182. The van der Waals surface area contributed by atoms with Crippen molar-refractivity contribution in [3.05, 3.63) is 66.8 Å². The zero-order valence-electron chi connectivity index (χ0n) is 20.1. The van der Waals surface area contributed by atoms with Gasteiger partial charge in [-0.3, -0.25) is 9.48 Å². The van der Waals surface area contributed by atoms with Crippen molar-refractivity contribution >= 4 is 34.0 Å². The van der Waals surface area contributed by atoms with Gasteiger partial charge in [0.1, 0.15) is 31.0 Å². The number of halogens is 2. The van der Waals surface area contributed by atoms with Crippen molar-refractivity contribution in [2.45, 2.75) is 38.3 Å². The van der Waals surface area contributed by atoms with Gasteiger partial charge >= 0.3 is 0 Å². The first-order valence-electron chi connectivity index (χ1n) is 12.2. The largest absolute Gasteiger partial charge is 0.492 e. The lowest BCUT2D eigenvalue weighted by Crippen LogP contribution is -2.30. The number of benzene rings is 2. The van der Waals surface area contributed by atoms with Crippen molar-refractivity contribution < 1.29 is 18.3 Å². The van der Waals surface area contributed by atoms with Crippen LogP contribution < -0.4 is 20.7 Å². The number of hydrogen-bond donors (Lipinski definition) is 3. The first-order valence-corrected chi connectivity index (χ1v) is 12.2. The second-order valence-electron chi connectivity index (χ2n) is 8.89. The molecule has 0 saturated heterocycles. The number of anilines is 3. The molecule has 11 heteroatoms. The maximum atomic E-state index is 13.8. The molecule has 1 fully saturated rings. The lowest BCUT2D eigenvalue weighted by atomic mass is 10.2. The molecule has 1 aliphatic rings. The third-order valence-electron chi connectivity index (χ3n) is 6.19. The molecule has 0 aliphatic heterocycles. The van der Waals surface area contributed by atoms with Crippen LogP contribution in [0.15, 0.2) is 55.1 Å². The molecule has 0 atom stereocenters. The van der Waals surface area contributed by atoms with Gasteiger partial charge in [0, 0.05) is 30.2 Å². The molecule has 2 aromatic carbocycles. The molecule has 0 spiro atoms. The Morgan fingerprint density at radius 2 is 2.00 bits per heavy atom. The highest BCUT2D eigenvalue weighted by molar-refractivity contribution is 5.92. The molecule has 2 aromatic heterocycles. The average molecular weight is 508 g/mol. The number of fused-ring (bicyclic) bond motifs is 1. The third-order valence-corrected chi connectivity index (χ3v) is 6.19. The Morgan fingerprint density at radius 3 is 2.86 bits per heavy atom. The molecule has 1 amide bonds. The molecule has 192 valence electrons. The maximum absolute atomic E-state index is 13.8. The summed E-state index contributed by atoms with van der Waals surface area (Å²) in [4.78, 5) is 20.9. The molecule has 2 heterocycles. The van der Waals surface area contributed by atoms with Gasteiger partial charge in [0.15, 0.2) is 11.6 Å². The van der Waals surface area contributed by atoms with Crippen LogP contribution in [0, 0.1) is 11.6 Å². The van der Waals surface area contributed by atoms with Gasteiger partial charge in [-0.15, -0.1) is 0 Å². The highest BCUT2D eigenvalue weighted by Gasteiger charge is 2.14. The Hall–Kier alpha value is -4.12. The standard InChI is InChI=1S/C26H27F2N7O2/c27-21-6-3-7-22(25(21)28)34-24(36)15-35-14-18(13-32-35)33-26-20-9-8-19(12-23(20)30-16-31-26)37-11-10-29-17-4-1-2-5-17/h3,6-9,12-14,16-17,29H,1-2,4-5,10-11,15H2,(H,34,36)(H,30,31,33). The predicted octanol–water partition coefficient (Wildman–Crippen LogP) is 4.40. The molecule has 1 saturated carbocycles. The Balaban J connectivity index is 1.18. The van der Waals surface area contributed by atoms with Gasteiger partial charge in [0.2, 0.25) is 5.91 Å². The van der Waals surface area contributed by atoms with Crippen LogP contribution in [-0.2, 0) is 11.3 Å². The molecular formula is C26H27F2N7O2. The van der Waals surface area contributed by atoms with Gasteiger partial charge in [-0.25, -0.2) is 18.7 Å². The van der Waals surface area contributed by atoms with Gasteiger partial charge in [-0.2, -0.15) is 5.10 Å². The topological polar surface area (TPSA) is 106 Å². The Labute approximate surface area is 212 Å². The number of hydrogen-bond acceptors (Lipinski definition) is 7. The molecular weight excluding hydrogens is 480 g/mol. The van der Waals surface area contributed by atoms with Crippen LogP contribution in [0.3, 0.4) is 0 Å². The molecule has 3 N–H and O–H groups in total. The summed E-state index contributed by atoms with van der Waals surface area (Å²) < 4.78 is 34.4. The van der Waals surface area contributed by atoms with E-state index >= 15 is 0 Å². The summed E-state index contributed by atoms with van der Waals surface area (Å²) >= 11 is 0. The maximum Gasteiger partial charge on any atom is 0.246 e. The van der Waals surface area contributed by atoms with Crippen molar-refractivity contribution in [3.63, 3.8) is 0 Å². The van der Waals surface area contributed by atoms with E-state index in [1.54, 1.807) is 12.4 Å². The minimum Gasteiger partial charge on any atom is -0.492 e. The normalized spacial score (nSPS) is 13.7. The number of carbonyl (C=O) groups is 1. The molecule has 0 radical (unpaired) electrons. The van der Waals surface area contributed by atoms with Crippen molar-refractivity contribution in [1.82, 2.24) is 25.1 Å². The lowest BCUT2D eigenvalue weighted by molar-refractivity contribution is -0.116. The molecule has 37 heavy (non-hydrogen) atoms. The first kappa shape index (κ1) is 24.6. The number of amides is 1. The van der Waals surface area contributed by atoms with E-state index in [2.05, 4.69) is 31.0 Å². The van der Waals surface area contributed by atoms with E-state index in [9.17, 15) is 13.6 Å². The van der Waals surface area contributed by atoms with Crippen molar-refractivity contribution in [2.75, 3.05) is 23.8 Å². The molecule has 9 nitrogen and oxygen atoms in total. The highest BCUT2D eigenvalue weighted by Crippen LogP contribution is 2.26. The van der Waals surface area contributed by atoms with Crippen LogP contribution in [0.1, 0.15) is 25.7 Å². The number of nitrogens with zero attached hydrogens (tertiary/aromatic N) is 4. The van der Waals surface area contributed by atoms with E-state index in [1.165, 1.54) is 48.8 Å². The zero-order chi connectivity index (χ0) is 25.6. The van der Waals surface area contributed by atoms with E-state index in [0.717, 1.165) is 29.3 Å². The van der Waals surface area contributed by atoms with Crippen LogP contribution in [-0.4, -0.2) is 44.8 Å². The van der Waals surface area contributed by atoms with Crippen LogP contribution in [0.4, 0.5) is 26.0 Å². The zero-order valence-corrected chi connectivity index (χ0v) is 20.1. The van der Waals surface area contributed by atoms with Crippen molar-refractivity contribution in [3.8, 4) is 5.75 Å². The Kier molecular flexibility index (Phi) is 7.50. The fourth-order valence-electron chi connectivity index (χ4n) is 4.38. The monoisotopic (exact) mass is 507 g/mol. The summed E-state index contributed by atoms with van der Waals surface area (Å²) in [5.74, 6) is -1.37. The van der Waals surface area contributed by atoms with E-state index < -0.39 is 17.5 Å². The lowest BCUT2D eigenvalue weighted by Gasteiger charge is -2.13.